The lowest BCUT2D eigenvalue weighted by atomic mass is 10.1. The maximum absolute atomic E-state index is 12.6. The topological polar surface area (TPSA) is 77.0 Å². The zero-order valence-electron chi connectivity index (χ0n) is 19.6. The normalized spacial score (nSPS) is 13.7. The number of piperazine rings is 1. The first-order valence-electron chi connectivity index (χ1n) is 10.8. The Kier molecular flexibility index (Phi) is 8.67. The first-order chi connectivity index (χ1) is 16.1. The van der Waals surface area contributed by atoms with Crippen molar-refractivity contribution in [1.82, 2.24) is 19.8 Å². The lowest BCUT2D eigenvalue weighted by Gasteiger charge is -2.34. The molecule has 1 saturated heterocycles. The molecule has 0 unspecified atom stereocenters. The summed E-state index contributed by atoms with van der Waals surface area (Å²) >= 11 is 0. The summed E-state index contributed by atoms with van der Waals surface area (Å²) in [6.07, 6.45) is 5.11. The molecule has 0 radical (unpaired) electrons. The van der Waals surface area contributed by atoms with E-state index in [4.69, 9.17) is 14.2 Å². The maximum atomic E-state index is 12.6. The van der Waals surface area contributed by atoms with Gasteiger partial charge in [-0.15, -0.1) is 12.4 Å². The minimum absolute atomic E-state index is 0. The van der Waals surface area contributed by atoms with E-state index < -0.39 is 0 Å². The number of pyridine rings is 2. The minimum Gasteiger partial charge on any atom is -0.493 e. The van der Waals surface area contributed by atoms with Crippen molar-refractivity contribution >= 4 is 18.3 Å². The number of carbonyl (C=O) groups is 1. The van der Waals surface area contributed by atoms with Crippen molar-refractivity contribution < 1.29 is 19.0 Å². The van der Waals surface area contributed by atoms with E-state index in [1.165, 1.54) is 0 Å². The number of ether oxygens (including phenoxy) is 3. The van der Waals surface area contributed by atoms with Gasteiger partial charge in [0.15, 0.2) is 11.5 Å². The van der Waals surface area contributed by atoms with Gasteiger partial charge in [0, 0.05) is 56.9 Å². The van der Waals surface area contributed by atoms with Crippen LogP contribution in [0.5, 0.6) is 17.2 Å². The number of halogens is 1. The Labute approximate surface area is 205 Å². The molecule has 0 N–H and O–H groups in total. The van der Waals surface area contributed by atoms with Crippen molar-refractivity contribution in [2.75, 3.05) is 47.5 Å². The summed E-state index contributed by atoms with van der Waals surface area (Å²) in [5.74, 6) is 1.77. The molecule has 3 aromatic rings. The second-order valence-corrected chi connectivity index (χ2v) is 7.77. The molecule has 0 aliphatic carbocycles. The van der Waals surface area contributed by atoms with E-state index in [-0.39, 0.29) is 18.3 Å². The molecule has 180 valence electrons. The van der Waals surface area contributed by atoms with E-state index in [1.54, 1.807) is 39.8 Å². The molecule has 0 atom stereocenters. The highest BCUT2D eigenvalue weighted by atomic mass is 35.5. The van der Waals surface area contributed by atoms with Gasteiger partial charge in [0.05, 0.1) is 32.6 Å². The third kappa shape index (κ3) is 5.58. The molecule has 0 saturated carbocycles. The highest BCUT2D eigenvalue weighted by molar-refractivity contribution is 5.93. The van der Waals surface area contributed by atoms with Gasteiger partial charge in [-0.2, -0.15) is 0 Å². The Hall–Kier alpha value is -3.36. The number of hydrogen-bond acceptors (Lipinski definition) is 7. The Balaban J connectivity index is 0.00000324. The minimum atomic E-state index is 0. The van der Waals surface area contributed by atoms with Gasteiger partial charge in [0.1, 0.15) is 0 Å². The lowest BCUT2D eigenvalue weighted by molar-refractivity contribution is 0.0628. The molecule has 4 rings (SSSR count). The van der Waals surface area contributed by atoms with E-state index in [9.17, 15) is 4.79 Å². The average molecular weight is 485 g/mol. The van der Waals surface area contributed by atoms with Crippen LogP contribution in [0.3, 0.4) is 0 Å². The van der Waals surface area contributed by atoms with Crippen LogP contribution in [-0.2, 0) is 6.54 Å². The van der Waals surface area contributed by atoms with Gasteiger partial charge in [0.2, 0.25) is 5.75 Å². The molecule has 1 aromatic carbocycles. The zero-order chi connectivity index (χ0) is 23.2. The molecule has 0 bridgehead atoms. The van der Waals surface area contributed by atoms with Crippen LogP contribution >= 0.6 is 12.4 Å². The molecule has 3 heterocycles. The van der Waals surface area contributed by atoms with Crippen LogP contribution in [0.15, 0.2) is 55.0 Å². The summed E-state index contributed by atoms with van der Waals surface area (Å²) in [5.41, 5.74) is 3.51. The second-order valence-electron chi connectivity index (χ2n) is 7.77. The van der Waals surface area contributed by atoms with Crippen LogP contribution in [0, 0.1) is 0 Å². The van der Waals surface area contributed by atoms with Crippen molar-refractivity contribution in [3.63, 3.8) is 0 Å². The summed E-state index contributed by atoms with van der Waals surface area (Å²) in [7, 11) is 4.79. The van der Waals surface area contributed by atoms with Crippen LogP contribution in [0.1, 0.15) is 15.9 Å². The van der Waals surface area contributed by atoms with Gasteiger partial charge in [-0.05, 0) is 42.0 Å². The number of aromatic nitrogens is 2. The maximum Gasteiger partial charge on any atom is 0.255 e. The fourth-order valence-electron chi connectivity index (χ4n) is 4.00. The standard InChI is InChI=1S/C25H28N4O4.ClH/c1-31-22-14-20(15-23(32-2)24(22)33-3)21-13-18(6-8-27-21)17-28-9-11-29(12-10-28)25(30)19-5-4-7-26-16-19;/h4-8,13-16H,9-12,17H2,1-3H3;1H. The highest BCUT2D eigenvalue weighted by Crippen LogP contribution is 2.40. The van der Waals surface area contributed by atoms with Crippen molar-refractivity contribution in [2.24, 2.45) is 0 Å². The summed E-state index contributed by atoms with van der Waals surface area (Å²) in [4.78, 5) is 25.5. The van der Waals surface area contributed by atoms with Crippen molar-refractivity contribution in [1.29, 1.82) is 0 Å². The molecular formula is C25H29ClN4O4. The van der Waals surface area contributed by atoms with E-state index in [1.807, 2.05) is 35.4 Å². The zero-order valence-corrected chi connectivity index (χ0v) is 20.4. The Bertz CT molecular complexity index is 1080. The van der Waals surface area contributed by atoms with E-state index in [0.717, 1.165) is 36.5 Å². The number of hydrogen-bond donors (Lipinski definition) is 0. The first kappa shape index (κ1) is 25.3. The fourth-order valence-corrected chi connectivity index (χ4v) is 4.00. The monoisotopic (exact) mass is 484 g/mol. The van der Waals surface area contributed by atoms with Gasteiger partial charge in [-0.1, -0.05) is 0 Å². The molecule has 1 fully saturated rings. The number of nitrogens with zero attached hydrogens (tertiary/aromatic N) is 4. The molecule has 9 heteroatoms. The Morgan fingerprint density at radius 1 is 0.941 bits per heavy atom. The van der Waals surface area contributed by atoms with Crippen LogP contribution in [-0.4, -0.2) is 73.2 Å². The number of rotatable bonds is 7. The molecule has 1 aliphatic rings. The number of amides is 1. The van der Waals surface area contributed by atoms with E-state index >= 15 is 0 Å². The van der Waals surface area contributed by atoms with Gasteiger partial charge >= 0.3 is 0 Å². The Morgan fingerprint density at radius 3 is 2.24 bits per heavy atom. The number of benzene rings is 1. The van der Waals surface area contributed by atoms with Crippen molar-refractivity contribution in [2.45, 2.75) is 6.54 Å². The molecule has 34 heavy (non-hydrogen) atoms. The van der Waals surface area contributed by atoms with Gasteiger partial charge in [-0.25, -0.2) is 0 Å². The molecule has 0 spiro atoms. The van der Waals surface area contributed by atoms with Crippen LogP contribution in [0.25, 0.3) is 11.3 Å². The lowest BCUT2D eigenvalue weighted by Crippen LogP contribution is -2.48. The third-order valence-corrected chi connectivity index (χ3v) is 5.76. The molecule has 2 aromatic heterocycles. The predicted octanol–water partition coefficient (Wildman–Crippen LogP) is 3.55. The van der Waals surface area contributed by atoms with Crippen LogP contribution < -0.4 is 14.2 Å². The van der Waals surface area contributed by atoms with E-state index in [0.29, 0.717) is 35.9 Å². The Morgan fingerprint density at radius 2 is 1.65 bits per heavy atom. The van der Waals surface area contributed by atoms with Crippen LogP contribution in [0.4, 0.5) is 0 Å². The van der Waals surface area contributed by atoms with Crippen LogP contribution in [0.2, 0.25) is 0 Å². The molecule has 1 amide bonds. The second kappa shape index (κ2) is 11.7. The summed E-state index contributed by atoms with van der Waals surface area (Å²) < 4.78 is 16.4. The SMILES string of the molecule is COc1cc(-c2cc(CN3CCN(C(=O)c4cccnc4)CC3)ccn2)cc(OC)c1OC.Cl. The fraction of sp³-hybridized carbons (Fsp3) is 0.320. The summed E-state index contributed by atoms with van der Waals surface area (Å²) in [6, 6.07) is 11.5. The summed E-state index contributed by atoms with van der Waals surface area (Å²) in [5, 5.41) is 0. The van der Waals surface area contributed by atoms with E-state index in [2.05, 4.69) is 20.9 Å². The van der Waals surface area contributed by atoms with Crippen molar-refractivity contribution in [3.05, 3.63) is 66.1 Å². The smallest absolute Gasteiger partial charge is 0.255 e. The summed E-state index contributed by atoms with van der Waals surface area (Å²) in [6.45, 7) is 3.80. The van der Waals surface area contributed by atoms with Gasteiger partial charge in [-0.3, -0.25) is 19.7 Å². The predicted molar refractivity (Wildman–Crippen MR) is 132 cm³/mol. The first-order valence-corrected chi connectivity index (χ1v) is 10.8. The number of methoxy groups -OCH3 is 3. The molecule has 1 aliphatic heterocycles. The molecule has 8 nitrogen and oxygen atoms in total. The van der Waals surface area contributed by atoms with Gasteiger partial charge in [0.25, 0.3) is 5.91 Å². The largest absolute Gasteiger partial charge is 0.493 e. The van der Waals surface area contributed by atoms with Crippen molar-refractivity contribution in [3.8, 4) is 28.5 Å². The number of carbonyl (C=O) groups excluding carboxylic acids is 1. The average Bonchev–Trinajstić information content (AvgIpc) is 2.88. The van der Waals surface area contributed by atoms with Gasteiger partial charge < -0.3 is 19.1 Å². The highest BCUT2D eigenvalue weighted by Gasteiger charge is 2.22. The molecular weight excluding hydrogens is 456 g/mol. The quantitative estimate of drug-likeness (QED) is 0.507. The third-order valence-electron chi connectivity index (χ3n) is 5.76.